The van der Waals surface area contributed by atoms with Gasteiger partial charge in [-0.2, -0.15) is 10.2 Å². The van der Waals surface area contributed by atoms with Gasteiger partial charge in [0.05, 0.1) is 16.9 Å². The summed E-state index contributed by atoms with van der Waals surface area (Å²) in [7, 11) is 0. The Morgan fingerprint density at radius 3 is 2.74 bits per heavy atom. The number of rotatable bonds is 4. The van der Waals surface area contributed by atoms with Crippen molar-refractivity contribution in [3.63, 3.8) is 0 Å². The van der Waals surface area contributed by atoms with Crippen molar-refractivity contribution in [2.45, 2.75) is 19.8 Å². The Morgan fingerprint density at radius 2 is 2.00 bits per heavy atom. The average molecular weight is 383 g/mol. The van der Waals surface area contributed by atoms with E-state index in [1.165, 1.54) is 12.0 Å². The Bertz CT molecular complexity index is 937. The molecule has 2 heterocycles. The number of hydrogen-bond donors (Lipinski definition) is 2. The molecule has 1 amide bonds. The lowest BCUT2D eigenvalue weighted by atomic mass is 9.98. The monoisotopic (exact) mass is 382 g/mol. The predicted molar refractivity (Wildman–Crippen MR) is 111 cm³/mol. The third-order valence-electron chi connectivity index (χ3n) is 4.90. The van der Waals surface area contributed by atoms with Gasteiger partial charge in [0.1, 0.15) is 0 Å². The van der Waals surface area contributed by atoms with E-state index in [0.29, 0.717) is 11.5 Å². The third kappa shape index (κ3) is 4.43. The van der Waals surface area contributed by atoms with Crippen LogP contribution in [0.5, 0.6) is 0 Å². The van der Waals surface area contributed by atoms with Crippen LogP contribution in [-0.2, 0) is 6.42 Å². The molecule has 27 heavy (non-hydrogen) atoms. The van der Waals surface area contributed by atoms with E-state index in [9.17, 15) is 4.79 Å². The van der Waals surface area contributed by atoms with E-state index in [-0.39, 0.29) is 18.3 Å². The fourth-order valence-electron chi connectivity index (χ4n) is 3.48. The van der Waals surface area contributed by atoms with Crippen LogP contribution in [-0.4, -0.2) is 29.2 Å². The number of benzene rings is 2. The summed E-state index contributed by atoms with van der Waals surface area (Å²) in [5.74, 6) is 0.593. The van der Waals surface area contributed by atoms with Gasteiger partial charge in [-0.25, -0.2) is 0 Å². The Hall–Kier alpha value is -2.50. The molecule has 4 rings (SSSR count). The molecule has 140 valence electrons. The number of fused-ring (bicyclic) bond motifs is 1. The molecule has 0 aliphatic carbocycles. The number of hydrogen-bond acceptors (Lipinski definition) is 4. The fraction of sp³-hybridized carbons (Fsp3) is 0.286. The van der Waals surface area contributed by atoms with Crippen molar-refractivity contribution in [1.29, 1.82) is 0 Å². The van der Waals surface area contributed by atoms with Crippen molar-refractivity contribution in [1.82, 2.24) is 15.5 Å². The molecule has 5 nitrogen and oxygen atoms in total. The van der Waals surface area contributed by atoms with Crippen LogP contribution in [0.1, 0.15) is 28.0 Å². The number of anilines is 1. The molecular weight excluding hydrogens is 360 g/mol. The van der Waals surface area contributed by atoms with Gasteiger partial charge in [0.25, 0.3) is 5.91 Å². The topological polar surface area (TPSA) is 66.9 Å². The summed E-state index contributed by atoms with van der Waals surface area (Å²) < 4.78 is 0. The van der Waals surface area contributed by atoms with E-state index in [1.807, 2.05) is 43.3 Å². The Kier molecular flexibility index (Phi) is 6.04. The highest BCUT2D eigenvalue weighted by Crippen LogP contribution is 2.23. The summed E-state index contributed by atoms with van der Waals surface area (Å²) in [5, 5.41) is 15.5. The summed E-state index contributed by atoms with van der Waals surface area (Å²) in [4.78, 5) is 12.6. The van der Waals surface area contributed by atoms with Crippen molar-refractivity contribution in [3.05, 3.63) is 65.4 Å². The second-order valence-electron chi connectivity index (χ2n) is 6.94. The predicted octanol–water partition coefficient (Wildman–Crippen LogP) is 3.76. The van der Waals surface area contributed by atoms with E-state index in [0.717, 1.165) is 41.8 Å². The van der Waals surface area contributed by atoms with E-state index in [2.05, 4.69) is 33.0 Å². The second kappa shape index (κ2) is 8.46. The van der Waals surface area contributed by atoms with Gasteiger partial charge in [-0.3, -0.25) is 4.79 Å². The normalized spacial score (nSPS) is 16.1. The molecule has 3 aromatic rings. The summed E-state index contributed by atoms with van der Waals surface area (Å²) in [6, 6.07) is 15.5. The fourth-order valence-corrected chi connectivity index (χ4v) is 3.48. The molecule has 0 bridgehead atoms. The number of amides is 1. The molecule has 0 spiro atoms. The van der Waals surface area contributed by atoms with Gasteiger partial charge >= 0.3 is 0 Å². The molecule has 0 saturated carbocycles. The molecule has 1 fully saturated rings. The average Bonchev–Trinajstić information content (AvgIpc) is 3.16. The molecule has 1 aliphatic rings. The van der Waals surface area contributed by atoms with Crippen LogP contribution in [0.4, 0.5) is 5.69 Å². The summed E-state index contributed by atoms with van der Waals surface area (Å²) >= 11 is 0. The number of nitrogens with one attached hydrogen (secondary N) is 2. The van der Waals surface area contributed by atoms with Gasteiger partial charge in [0.2, 0.25) is 0 Å². The molecular formula is C21H23ClN4O. The molecule has 1 aliphatic heterocycles. The van der Waals surface area contributed by atoms with Crippen molar-refractivity contribution < 1.29 is 4.79 Å². The number of halogens is 1. The SMILES string of the molecule is Cc1cc2c(NC(=O)c3ccc(CC4CCNC4)cc3)cccc2nn1.Cl. The Labute approximate surface area is 165 Å². The maximum atomic E-state index is 12.6. The molecule has 1 saturated heterocycles. The van der Waals surface area contributed by atoms with Gasteiger partial charge in [-0.15, -0.1) is 12.4 Å². The van der Waals surface area contributed by atoms with Crippen LogP contribution in [0.2, 0.25) is 0 Å². The van der Waals surface area contributed by atoms with Crippen LogP contribution >= 0.6 is 12.4 Å². The second-order valence-corrected chi connectivity index (χ2v) is 6.94. The number of carbonyl (C=O) groups excluding carboxylic acids is 1. The molecule has 1 atom stereocenters. The first kappa shape index (κ1) is 19.3. The van der Waals surface area contributed by atoms with Gasteiger partial charge < -0.3 is 10.6 Å². The van der Waals surface area contributed by atoms with Crippen LogP contribution in [0, 0.1) is 12.8 Å². The first-order valence-corrected chi connectivity index (χ1v) is 9.03. The van der Waals surface area contributed by atoms with Crippen molar-refractivity contribution in [2.75, 3.05) is 18.4 Å². The number of nitrogens with zero attached hydrogens (tertiary/aromatic N) is 2. The molecule has 2 aromatic carbocycles. The lowest BCUT2D eigenvalue weighted by Gasteiger charge is -2.10. The van der Waals surface area contributed by atoms with Gasteiger partial charge in [0.15, 0.2) is 0 Å². The standard InChI is InChI=1S/C21H22N4O.ClH/c1-14-11-18-19(3-2-4-20(18)25-24-14)23-21(26)17-7-5-15(6-8-17)12-16-9-10-22-13-16;/h2-8,11,16,22H,9-10,12-13H2,1H3,(H,23,26);1H. The highest BCUT2D eigenvalue weighted by atomic mass is 35.5. The lowest BCUT2D eigenvalue weighted by Crippen LogP contribution is -2.13. The smallest absolute Gasteiger partial charge is 0.255 e. The highest BCUT2D eigenvalue weighted by molar-refractivity contribution is 6.08. The maximum absolute atomic E-state index is 12.6. The zero-order chi connectivity index (χ0) is 17.9. The van der Waals surface area contributed by atoms with Gasteiger partial charge in [-0.05, 0) is 74.7 Å². The van der Waals surface area contributed by atoms with E-state index < -0.39 is 0 Å². The quantitative estimate of drug-likeness (QED) is 0.720. The van der Waals surface area contributed by atoms with E-state index in [1.54, 1.807) is 0 Å². The molecule has 2 N–H and O–H groups in total. The van der Waals surface area contributed by atoms with Gasteiger partial charge in [0, 0.05) is 10.9 Å². The highest BCUT2D eigenvalue weighted by Gasteiger charge is 2.15. The van der Waals surface area contributed by atoms with E-state index >= 15 is 0 Å². The lowest BCUT2D eigenvalue weighted by molar-refractivity contribution is 0.102. The summed E-state index contributed by atoms with van der Waals surface area (Å²) in [6.07, 6.45) is 2.29. The maximum Gasteiger partial charge on any atom is 0.255 e. The number of aryl methyl sites for hydroxylation is 1. The van der Waals surface area contributed by atoms with Crippen molar-refractivity contribution in [2.24, 2.45) is 5.92 Å². The zero-order valence-corrected chi connectivity index (χ0v) is 16.1. The van der Waals surface area contributed by atoms with Crippen LogP contribution in [0.25, 0.3) is 10.9 Å². The summed E-state index contributed by atoms with van der Waals surface area (Å²) in [6.45, 7) is 4.09. The molecule has 1 unspecified atom stereocenters. The first-order valence-electron chi connectivity index (χ1n) is 9.03. The minimum Gasteiger partial charge on any atom is -0.321 e. The van der Waals surface area contributed by atoms with Crippen molar-refractivity contribution in [3.8, 4) is 0 Å². The molecule has 0 radical (unpaired) electrons. The molecule has 1 aromatic heterocycles. The Morgan fingerprint density at radius 1 is 1.19 bits per heavy atom. The van der Waals surface area contributed by atoms with E-state index in [4.69, 9.17) is 0 Å². The van der Waals surface area contributed by atoms with Crippen molar-refractivity contribution >= 4 is 34.9 Å². The minimum absolute atomic E-state index is 0. The molecule has 6 heteroatoms. The number of carbonyl (C=O) groups is 1. The zero-order valence-electron chi connectivity index (χ0n) is 15.2. The first-order chi connectivity index (χ1) is 12.7. The third-order valence-corrected chi connectivity index (χ3v) is 4.90. The minimum atomic E-state index is -0.110. The van der Waals surface area contributed by atoms with Crippen LogP contribution in [0.3, 0.4) is 0 Å². The largest absolute Gasteiger partial charge is 0.321 e. The van der Waals surface area contributed by atoms with Crippen LogP contribution in [0.15, 0.2) is 48.5 Å². The summed E-state index contributed by atoms with van der Waals surface area (Å²) in [5.41, 5.74) is 4.30. The van der Waals surface area contributed by atoms with Crippen LogP contribution < -0.4 is 10.6 Å². The Balaban J connectivity index is 0.00000210. The van der Waals surface area contributed by atoms with Gasteiger partial charge in [-0.1, -0.05) is 18.2 Å². The number of aromatic nitrogens is 2.